The Hall–Kier alpha value is -2.50. The van der Waals surface area contributed by atoms with Crippen LogP contribution in [-0.2, 0) is 50.6 Å². The van der Waals surface area contributed by atoms with Crippen molar-refractivity contribution in [1.29, 1.82) is 0 Å². The molecule has 368 valence electrons. The van der Waals surface area contributed by atoms with Crippen LogP contribution in [0.15, 0.2) is 12.7 Å². The lowest BCUT2D eigenvalue weighted by Crippen LogP contribution is -2.46. The number of hydrogen-bond acceptors (Lipinski definition) is 17. The summed E-state index contributed by atoms with van der Waals surface area (Å²) in [4.78, 5) is 76.1. The van der Waals surface area contributed by atoms with Crippen molar-refractivity contribution < 1.29 is 80.4 Å². The van der Waals surface area contributed by atoms with Crippen molar-refractivity contribution >= 4 is 52.3 Å². The number of nitrogens with zero attached hydrogens (tertiary/aromatic N) is 4. The topological polar surface area (TPSA) is 356 Å². The lowest BCUT2D eigenvalue weighted by atomic mass is 9.87. The van der Waals surface area contributed by atoms with Gasteiger partial charge >= 0.3 is 23.5 Å². The number of phosphoric acid groups is 3. The van der Waals surface area contributed by atoms with E-state index in [1.165, 1.54) is 84.5 Å². The van der Waals surface area contributed by atoms with E-state index in [0.29, 0.717) is 0 Å². The zero-order chi connectivity index (χ0) is 47.6. The highest BCUT2D eigenvalue weighted by atomic mass is 31.3. The number of fused-ring (bicyclic) bond motifs is 1. The maximum absolute atomic E-state index is 12.7. The van der Waals surface area contributed by atoms with Crippen molar-refractivity contribution in [3.05, 3.63) is 12.7 Å². The summed E-state index contributed by atoms with van der Waals surface area (Å²) < 4.78 is 68.1. The van der Waals surface area contributed by atoms with Crippen LogP contribution in [0.1, 0.15) is 130 Å². The third kappa shape index (κ3) is 19.8. The van der Waals surface area contributed by atoms with Crippen LogP contribution in [0.25, 0.3) is 11.2 Å². The number of imidazole rings is 1. The van der Waals surface area contributed by atoms with E-state index in [1.54, 1.807) is 0 Å². The molecule has 1 fully saturated rings. The van der Waals surface area contributed by atoms with Gasteiger partial charge in [-0.15, -0.1) is 0 Å². The monoisotopic (exact) mass is 975 g/mol. The van der Waals surface area contributed by atoms with Crippen molar-refractivity contribution in [2.45, 2.75) is 161 Å². The Morgan fingerprint density at radius 1 is 0.906 bits per heavy atom. The van der Waals surface area contributed by atoms with E-state index in [9.17, 15) is 53.1 Å². The molecular formula is C37H68N7O17P3. The van der Waals surface area contributed by atoms with Gasteiger partial charge in [0.1, 0.15) is 43.0 Å². The summed E-state index contributed by atoms with van der Waals surface area (Å²) in [6.07, 6.45) is 10.5. The van der Waals surface area contributed by atoms with Crippen LogP contribution in [0.2, 0.25) is 0 Å². The fourth-order valence-electron chi connectivity index (χ4n) is 6.74. The highest BCUT2D eigenvalue weighted by molar-refractivity contribution is 7.61. The number of rotatable bonds is 33. The Morgan fingerprint density at radius 3 is 2.11 bits per heavy atom. The molecule has 8 atom stereocenters. The SMILES string of the molecule is CCCCCCCCCCCCCCCC(C)OCNC(=O)CCNC(=O)[C@H](O)C(C)(C)COP(=O)(O)OP(=O)(O)OC[C@H]1O[C@@H](n2cnc3c(N)ncnc32)[C@H](O)[C@@H]1OP(=O)(O)O. The molecule has 0 bridgehead atoms. The minimum absolute atomic E-state index is 0.00563. The fraction of sp³-hybridized carbons (Fsp3) is 0.811. The normalized spacial score (nSPS) is 21.0. The van der Waals surface area contributed by atoms with Crippen molar-refractivity contribution in [2.75, 3.05) is 32.2 Å². The zero-order valence-electron chi connectivity index (χ0n) is 36.9. The maximum Gasteiger partial charge on any atom is 0.481 e. The summed E-state index contributed by atoms with van der Waals surface area (Å²) in [5.74, 6) is -1.39. The van der Waals surface area contributed by atoms with Gasteiger partial charge in [0.15, 0.2) is 17.7 Å². The van der Waals surface area contributed by atoms with Crippen LogP contribution in [0, 0.1) is 5.41 Å². The molecule has 2 amide bonds. The lowest BCUT2D eigenvalue weighted by molar-refractivity contribution is -0.137. The number of nitrogens with one attached hydrogen (secondary N) is 2. The molecule has 0 radical (unpaired) electrons. The molecule has 3 rings (SSSR count). The van der Waals surface area contributed by atoms with Gasteiger partial charge in [-0.25, -0.2) is 28.6 Å². The Balaban J connectivity index is 1.34. The predicted octanol–water partition coefficient (Wildman–Crippen LogP) is 4.25. The first-order chi connectivity index (χ1) is 30.1. The molecule has 27 heteroatoms. The minimum atomic E-state index is -5.56. The number of hydrogen-bond donors (Lipinski definition) is 9. The molecule has 1 aliphatic heterocycles. The van der Waals surface area contributed by atoms with Gasteiger partial charge in [-0.3, -0.25) is 27.7 Å². The molecule has 3 heterocycles. The minimum Gasteiger partial charge on any atom is -0.386 e. The third-order valence-corrected chi connectivity index (χ3v) is 13.5. The first-order valence-electron chi connectivity index (χ1n) is 21.6. The Kier molecular flexibility index (Phi) is 23.3. The number of carbonyl (C=O) groups excluding carboxylic acids is 2. The number of amides is 2. The van der Waals surface area contributed by atoms with Gasteiger partial charge in [-0.05, 0) is 13.3 Å². The second-order valence-corrected chi connectivity index (χ2v) is 20.7. The molecule has 0 aliphatic carbocycles. The number of ether oxygens (including phenoxy) is 2. The first kappa shape index (κ1) is 55.8. The largest absolute Gasteiger partial charge is 0.481 e. The van der Waals surface area contributed by atoms with E-state index in [0.717, 1.165) is 36.5 Å². The van der Waals surface area contributed by atoms with Crippen molar-refractivity contribution in [3.63, 3.8) is 0 Å². The van der Waals surface area contributed by atoms with E-state index >= 15 is 0 Å². The standard InChI is InChI=1S/C37H68N7O17P3/c1-5-6-7-8-9-10-11-12-13-14-15-16-17-18-26(2)56-25-43-28(45)19-20-39-35(48)32(47)37(3,4)22-58-64(54,55)61-63(52,53)57-21-27-31(60-62(49,50)51)30(46)36(59-27)44-24-42-29-33(38)40-23-41-34(29)44/h23-24,26-27,30-32,36,46-47H,5-22,25H2,1-4H3,(H,39,48)(H,43,45)(H,52,53)(H,54,55)(H2,38,40,41)(H2,49,50,51)/t26?,27-,30-,31-,32+,36-/m1/s1. The average molecular weight is 976 g/mol. The van der Waals surface area contributed by atoms with E-state index in [1.807, 2.05) is 6.92 Å². The molecule has 3 unspecified atom stereocenters. The van der Waals surface area contributed by atoms with Crippen LogP contribution in [-0.4, -0.2) is 118 Å². The Labute approximate surface area is 373 Å². The highest BCUT2D eigenvalue weighted by Crippen LogP contribution is 2.61. The maximum atomic E-state index is 12.7. The lowest BCUT2D eigenvalue weighted by Gasteiger charge is -2.30. The molecule has 1 saturated heterocycles. The van der Waals surface area contributed by atoms with Gasteiger partial charge in [0.05, 0.1) is 25.6 Å². The van der Waals surface area contributed by atoms with E-state index in [2.05, 4.69) is 41.3 Å². The van der Waals surface area contributed by atoms with E-state index in [-0.39, 0.29) is 42.8 Å². The van der Waals surface area contributed by atoms with Crippen molar-refractivity contribution in [2.24, 2.45) is 5.41 Å². The number of aliphatic hydroxyl groups is 2. The van der Waals surface area contributed by atoms with E-state index in [4.69, 9.17) is 24.3 Å². The molecule has 0 aromatic carbocycles. The molecular weight excluding hydrogens is 907 g/mol. The van der Waals surface area contributed by atoms with Crippen LogP contribution in [0.4, 0.5) is 5.82 Å². The molecule has 2 aromatic heterocycles. The second-order valence-electron chi connectivity index (χ2n) is 16.5. The van der Waals surface area contributed by atoms with Gasteiger partial charge in [-0.1, -0.05) is 104 Å². The summed E-state index contributed by atoms with van der Waals surface area (Å²) in [5, 5.41) is 26.6. The summed E-state index contributed by atoms with van der Waals surface area (Å²) in [7, 11) is -16.4. The summed E-state index contributed by atoms with van der Waals surface area (Å²) in [6.45, 7) is 4.57. The van der Waals surface area contributed by atoms with Gasteiger partial charge in [0.2, 0.25) is 11.8 Å². The fourth-order valence-corrected chi connectivity index (χ4v) is 9.57. The summed E-state index contributed by atoms with van der Waals surface area (Å²) >= 11 is 0. The van der Waals surface area contributed by atoms with Crippen LogP contribution in [0.3, 0.4) is 0 Å². The number of aliphatic hydroxyl groups excluding tert-OH is 2. The Morgan fingerprint density at radius 2 is 1.50 bits per heavy atom. The van der Waals surface area contributed by atoms with Gasteiger partial charge in [-0.2, -0.15) is 4.31 Å². The number of nitrogen functional groups attached to an aromatic ring is 1. The highest BCUT2D eigenvalue weighted by Gasteiger charge is 2.50. The van der Waals surface area contributed by atoms with Gasteiger partial charge in [0, 0.05) is 18.4 Å². The molecule has 64 heavy (non-hydrogen) atoms. The molecule has 2 aromatic rings. The number of anilines is 1. The number of carbonyl (C=O) groups is 2. The van der Waals surface area contributed by atoms with Crippen LogP contribution >= 0.6 is 23.5 Å². The second kappa shape index (κ2) is 26.7. The molecule has 0 saturated carbocycles. The van der Waals surface area contributed by atoms with Gasteiger partial charge < -0.3 is 55.6 Å². The number of nitrogens with two attached hydrogens (primary N) is 1. The number of phosphoric ester groups is 3. The van der Waals surface area contributed by atoms with Crippen LogP contribution < -0.4 is 16.4 Å². The average Bonchev–Trinajstić information content (AvgIpc) is 3.77. The smallest absolute Gasteiger partial charge is 0.386 e. The van der Waals surface area contributed by atoms with Crippen LogP contribution in [0.5, 0.6) is 0 Å². The van der Waals surface area contributed by atoms with E-state index < -0.39 is 84.6 Å². The summed E-state index contributed by atoms with van der Waals surface area (Å²) in [5.41, 5.74) is 4.31. The zero-order valence-corrected chi connectivity index (χ0v) is 39.6. The first-order valence-corrected chi connectivity index (χ1v) is 26.1. The summed E-state index contributed by atoms with van der Waals surface area (Å²) in [6, 6.07) is 0. The van der Waals surface area contributed by atoms with Crippen molar-refractivity contribution in [3.8, 4) is 0 Å². The number of aromatic nitrogens is 4. The molecule has 24 nitrogen and oxygen atoms in total. The number of unbranched alkanes of at least 4 members (excludes halogenated alkanes) is 12. The van der Waals surface area contributed by atoms with Crippen molar-refractivity contribution in [1.82, 2.24) is 30.2 Å². The molecule has 0 spiro atoms. The third-order valence-electron chi connectivity index (χ3n) is 10.4. The van der Waals surface area contributed by atoms with Gasteiger partial charge in [0.25, 0.3) is 0 Å². The molecule has 1 aliphatic rings. The molecule has 10 N–H and O–H groups in total. The Bertz CT molecular complexity index is 1890. The quantitative estimate of drug-likeness (QED) is 0.0274. The predicted molar refractivity (Wildman–Crippen MR) is 230 cm³/mol.